The molecule has 0 bridgehead atoms. The first-order valence-electron chi connectivity index (χ1n) is 6.34. The molecule has 0 aromatic carbocycles. The maximum Gasteiger partial charge on any atom is 0.227 e. The Morgan fingerprint density at radius 3 is 2.81 bits per heavy atom. The summed E-state index contributed by atoms with van der Waals surface area (Å²) in [6.45, 7) is 2.70. The lowest BCUT2D eigenvalue weighted by atomic mass is 10.1. The van der Waals surface area contributed by atoms with Crippen LogP contribution in [-0.2, 0) is 4.79 Å². The molecule has 1 amide bonds. The number of hydrogen-bond donors (Lipinski definition) is 2. The van der Waals surface area contributed by atoms with Gasteiger partial charge in [-0.2, -0.15) is 11.8 Å². The topological polar surface area (TPSA) is 55.1 Å². The van der Waals surface area contributed by atoms with E-state index in [9.17, 15) is 4.79 Å². The number of rotatable bonds is 5. The highest BCUT2D eigenvalue weighted by molar-refractivity contribution is 7.99. The van der Waals surface area contributed by atoms with Crippen molar-refractivity contribution in [3.63, 3.8) is 0 Å². The number of nitrogens with two attached hydrogens (primary N) is 1. The van der Waals surface area contributed by atoms with Crippen LogP contribution in [0.1, 0.15) is 39.0 Å². The molecule has 92 valence electrons. The van der Waals surface area contributed by atoms with Gasteiger partial charge in [0.25, 0.3) is 0 Å². The highest BCUT2D eigenvalue weighted by Crippen LogP contribution is 2.45. The van der Waals surface area contributed by atoms with Gasteiger partial charge in [0.2, 0.25) is 5.91 Å². The second kappa shape index (κ2) is 4.96. The predicted molar refractivity (Wildman–Crippen MR) is 68.4 cm³/mol. The molecule has 0 radical (unpaired) electrons. The quantitative estimate of drug-likeness (QED) is 0.768. The van der Waals surface area contributed by atoms with Crippen molar-refractivity contribution in [3.05, 3.63) is 0 Å². The lowest BCUT2D eigenvalue weighted by molar-refractivity contribution is -0.126. The van der Waals surface area contributed by atoms with Gasteiger partial charge < -0.3 is 11.1 Å². The second-order valence-electron chi connectivity index (χ2n) is 4.99. The third-order valence-electron chi connectivity index (χ3n) is 3.88. The monoisotopic (exact) mass is 242 g/mol. The Hall–Kier alpha value is -0.220. The van der Waals surface area contributed by atoms with E-state index in [-0.39, 0.29) is 11.3 Å². The summed E-state index contributed by atoms with van der Waals surface area (Å²) in [5.41, 5.74) is 5.48. The molecule has 0 heterocycles. The molecule has 2 atom stereocenters. The van der Waals surface area contributed by atoms with Crippen LogP contribution in [0.25, 0.3) is 0 Å². The van der Waals surface area contributed by atoms with Crippen LogP contribution in [0.15, 0.2) is 0 Å². The van der Waals surface area contributed by atoms with Crippen LogP contribution in [0.5, 0.6) is 0 Å². The van der Waals surface area contributed by atoms with Crippen molar-refractivity contribution in [2.24, 2.45) is 11.1 Å². The van der Waals surface area contributed by atoms with Gasteiger partial charge in [0.05, 0.1) is 5.41 Å². The van der Waals surface area contributed by atoms with E-state index in [0.29, 0.717) is 17.8 Å². The minimum atomic E-state index is -0.190. The lowest BCUT2D eigenvalue weighted by Crippen LogP contribution is -2.44. The van der Waals surface area contributed by atoms with Crippen molar-refractivity contribution in [1.82, 2.24) is 5.32 Å². The smallest absolute Gasteiger partial charge is 0.227 e. The van der Waals surface area contributed by atoms with Crippen LogP contribution < -0.4 is 11.1 Å². The Bertz CT molecular complexity index is 266. The van der Waals surface area contributed by atoms with Gasteiger partial charge in [0.15, 0.2) is 0 Å². The van der Waals surface area contributed by atoms with Crippen molar-refractivity contribution in [2.75, 3.05) is 12.3 Å². The molecule has 2 rings (SSSR count). The summed E-state index contributed by atoms with van der Waals surface area (Å²) in [4.78, 5) is 12.1. The van der Waals surface area contributed by atoms with Crippen molar-refractivity contribution < 1.29 is 4.79 Å². The van der Waals surface area contributed by atoms with Crippen molar-refractivity contribution in [1.29, 1.82) is 0 Å². The van der Waals surface area contributed by atoms with E-state index in [2.05, 4.69) is 12.2 Å². The number of nitrogens with one attached hydrogen (secondary N) is 1. The molecule has 2 aliphatic carbocycles. The van der Waals surface area contributed by atoms with E-state index in [4.69, 9.17) is 5.73 Å². The van der Waals surface area contributed by atoms with Gasteiger partial charge in [-0.15, -0.1) is 0 Å². The molecular formula is C12H22N2OS. The fraction of sp³-hybridized carbons (Fsp3) is 0.917. The maximum atomic E-state index is 12.1. The first kappa shape index (κ1) is 12.2. The summed E-state index contributed by atoms with van der Waals surface area (Å²) in [6, 6.07) is 0.390. The van der Waals surface area contributed by atoms with Crippen LogP contribution >= 0.6 is 11.8 Å². The molecule has 0 aromatic rings. The van der Waals surface area contributed by atoms with Gasteiger partial charge in [-0.1, -0.05) is 13.3 Å². The number of carbonyl (C=O) groups is 1. The minimum absolute atomic E-state index is 0.190. The van der Waals surface area contributed by atoms with Gasteiger partial charge in [0, 0.05) is 17.8 Å². The molecule has 0 aromatic heterocycles. The highest BCUT2D eigenvalue weighted by Gasteiger charge is 2.49. The summed E-state index contributed by atoms with van der Waals surface area (Å²) < 4.78 is 0. The van der Waals surface area contributed by atoms with Crippen molar-refractivity contribution in [3.8, 4) is 0 Å². The Morgan fingerprint density at radius 1 is 1.50 bits per heavy atom. The zero-order valence-corrected chi connectivity index (χ0v) is 10.8. The largest absolute Gasteiger partial charge is 0.352 e. The zero-order chi connectivity index (χ0) is 11.6. The highest BCUT2D eigenvalue weighted by atomic mass is 32.2. The number of amides is 1. The first-order valence-corrected chi connectivity index (χ1v) is 7.39. The summed E-state index contributed by atoms with van der Waals surface area (Å²) in [5.74, 6) is 1.35. The van der Waals surface area contributed by atoms with E-state index in [1.807, 2.05) is 11.8 Å². The van der Waals surface area contributed by atoms with Crippen LogP contribution in [0.2, 0.25) is 0 Å². The van der Waals surface area contributed by atoms with E-state index in [0.717, 1.165) is 25.0 Å². The Balaban J connectivity index is 1.86. The Labute approximate surface area is 102 Å². The molecule has 0 saturated heterocycles. The summed E-state index contributed by atoms with van der Waals surface area (Å²) >= 11 is 1.98. The summed E-state index contributed by atoms with van der Waals surface area (Å²) in [5, 5.41) is 3.86. The van der Waals surface area contributed by atoms with E-state index in [1.54, 1.807) is 0 Å². The molecule has 0 aliphatic heterocycles. The van der Waals surface area contributed by atoms with Crippen molar-refractivity contribution in [2.45, 2.75) is 50.3 Å². The average Bonchev–Trinajstić information content (AvgIpc) is 2.98. The Kier molecular flexibility index (Phi) is 3.80. The predicted octanol–water partition coefficient (Wildman–Crippen LogP) is 1.52. The zero-order valence-electron chi connectivity index (χ0n) is 10.00. The van der Waals surface area contributed by atoms with Gasteiger partial charge in [-0.3, -0.25) is 4.79 Å². The SMILES string of the molecule is CCSC1CCCC1NC(=O)C1(CN)CC1. The fourth-order valence-corrected chi connectivity index (χ4v) is 3.70. The van der Waals surface area contributed by atoms with Gasteiger partial charge >= 0.3 is 0 Å². The standard InChI is InChI=1S/C12H22N2OS/c1-2-16-10-5-3-4-9(10)14-11(15)12(8-13)6-7-12/h9-10H,2-8,13H2,1H3,(H,14,15). The molecule has 3 nitrogen and oxygen atoms in total. The number of carbonyl (C=O) groups excluding carboxylic acids is 1. The third kappa shape index (κ3) is 2.38. The summed E-state index contributed by atoms with van der Waals surface area (Å²) in [7, 11) is 0. The second-order valence-corrected chi connectivity index (χ2v) is 6.51. The minimum Gasteiger partial charge on any atom is -0.352 e. The third-order valence-corrected chi connectivity index (χ3v) is 5.20. The van der Waals surface area contributed by atoms with E-state index >= 15 is 0 Å². The molecule has 0 spiro atoms. The van der Waals surface area contributed by atoms with Crippen LogP contribution in [0.3, 0.4) is 0 Å². The maximum absolute atomic E-state index is 12.1. The molecular weight excluding hydrogens is 220 g/mol. The van der Waals surface area contributed by atoms with E-state index in [1.165, 1.54) is 12.8 Å². The normalized spacial score (nSPS) is 31.4. The molecule has 2 unspecified atom stereocenters. The Morgan fingerprint density at radius 2 is 2.25 bits per heavy atom. The lowest BCUT2D eigenvalue weighted by Gasteiger charge is -2.22. The van der Waals surface area contributed by atoms with Crippen LogP contribution in [0.4, 0.5) is 0 Å². The van der Waals surface area contributed by atoms with Crippen molar-refractivity contribution >= 4 is 17.7 Å². The number of hydrogen-bond acceptors (Lipinski definition) is 3. The fourth-order valence-electron chi connectivity index (χ4n) is 2.50. The molecule has 2 fully saturated rings. The number of thioether (sulfide) groups is 1. The molecule has 2 saturated carbocycles. The molecule has 4 heteroatoms. The van der Waals surface area contributed by atoms with Crippen LogP contribution in [0, 0.1) is 5.41 Å². The van der Waals surface area contributed by atoms with Crippen LogP contribution in [-0.4, -0.2) is 29.5 Å². The summed E-state index contributed by atoms with van der Waals surface area (Å²) in [6.07, 6.45) is 5.60. The van der Waals surface area contributed by atoms with Gasteiger partial charge in [-0.25, -0.2) is 0 Å². The average molecular weight is 242 g/mol. The van der Waals surface area contributed by atoms with E-state index < -0.39 is 0 Å². The molecule has 16 heavy (non-hydrogen) atoms. The first-order chi connectivity index (χ1) is 7.72. The molecule has 2 aliphatic rings. The molecule has 3 N–H and O–H groups in total. The van der Waals surface area contributed by atoms with Gasteiger partial charge in [0.1, 0.15) is 0 Å². The van der Waals surface area contributed by atoms with Gasteiger partial charge in [-0.05, 0) is 31.4 Å².